The van der Waals surface area contributed by atoms with Gasteiger partial charge in [0.05, 0.1) is 12.8 Å². The lowest BCUT2D eigenvalue weighted by molar-refractivity contribution is 0.506. The first kappa shape index (κ1) is 12.7. The van der Waals surface area contributed by atoms with E-state index in [1.807, 2.05) is 24.1 Å². The quantitative estimate of drug-likeness (QED) is 0.899. The molecule has 7 heteroatoms. The van der Waals surface area contributed by atoms with Gasteiger partial charge in [0.15, 0.2) is 0 Å². The van der Waals surface area contributed by atoms with Gasteiger partial charge in [0.25, 0.3) is 0 Å². The van der Waals surface area contributed by atoms with Crippen LogP contribution in [0, 0.1) is 0 Å². The van der Waals surface area contributed by atoms with Crippen LogP contribution >= 0.6 is 0 Å². The maximum Gasteiger partial charge on any atom is 0.232 e. The van der Waals surface area contributed by atoms with E-state index < -0.39 is 0 Å². The van der Waals surface area contributed by atoms with Crippen molar-refractivity contribution in [1.82, 2.24) is 15.0 Å². The van der Waals surface area contributed by atoms with E-state index in [0.717, 1.165) is 18.8 Å². The molecular weight excluding hydrogens is 256 g/mol. The van der Waals surface area contributed by atoms with E-state index in [0.29, 0.717) is 18.4 Å². The van der Waals surface area contributed by atoms with Crippen LogP contribution < -0.4 is 15.5 Å². The van der Waals surface area contributed by atoms with Crippen molar-refractivity contribution in [2.24, 2.45) is 0 Å². The van der Waals surface area contributed by atoms with E-state index in [9.17, 15) is 0 Å². The minimum atomic E-state index is 0.253. The second-order valence-corrected chi connectivity index (χ2v) is 4.92. The maximum absolute atomic E-state index is 5.80. The smallest absolute Gasteiger partial charge is 0.232 e. The molecule has 2 N–H and O–H groups in total. The number of hydrogen-bond acceptors (Lipinski definition) is 7. The lowest BCUT2D eigenvalue weighted by Gasteiger charge is -2.19. The van der Waals surface area contributed by atoms with E-state index in [1.165, 1.54) is 12.8 Å². The molecule has 1 saturated heterocycles. The van der Waals surface area contributed by atoms with Crippen LogP contribution in [0.2, 0.25) is 0 Å². The van der Waals surface area contributed by atoms with Crippen LogP contribution in [0.5, 0.6) is 0 Å². The van der Waals surface area contributed by atoms with Gasteiger partial charge in [0.2, 0.25) is 17.8 Å². The van der Waals surface area contributed by atoms with Crippen LogP contribution in [0.25, 0.3) is 0 Å². The van der Waals surface area contributed by atoms with Crippen molar-refractivity contribution in [1.29, 1.82) is 0 Å². The molecule has 1 aliphatic heterocycles. The van der Waals surface area contributed by atoms with E-state index in [1.54, 1.807) is 6.26 Å². The highest BCUT2D eigenvalue weighted by Gasteiger charge is 2.18. The van der Waals surface area contributed by atoms with Crippen LogP contribution in [0.4, 0.5) is 17.8 Å². The predicted molar refractivity (Wildman–Crippen MR) is 76.5 cm³/mol. The predicted octanol–water partition coefficient (Wildman–Crippen LogP) is 1.28. The molecule has 0 aliphatic carbocycles. The van der Waals surface area contributed by atoms with Crippen LogP contribution in [-0.2, 0) is 6.54 Å². The summed E-state index contributed by atoms with van der Waals surface area (Å²) < 4.78 is 5.33. The molecule has 0 atom stereocenters. The number of nitrogen functional groups attached to an aromatic ring is 1. The summed E-state index contributed by atoms with van der Waals surface area (Å²) in [6.07, 6.45) is 3.99. The number of nitrogens with two attached hydrogens (primary N) is 1. The lowest BCUT2D eigenvalue weighted by Crippen LogP contribution is -2.25. The third-order valence-electron chi connectivity index (χ3n) is 3.33. The molecule has 0 bridgehead atoms. The largest absolute Gasteiger partial charge is 0.467 e. The fourth-order valence-corrected chi connectivity index (χ4v) is 2.31. The Morgan fingerprint density at radius 1 is 1.30 bits per heavy atom. The topological polar surface area (TPSA) is 84.3 Å². The van der Waals surface area contributed by atoms with Gasteiger partial charge in [-0.2, -0.15) is 15.0 Å². The van der Waals surface area contributed by atoms with Crippen LogP contribution in [0.15, 0.2) is 22.8 Å². The zero-order valence-electron chi connectivity index (χ0n) is 11.5. The van der Waals surface area contributed by atoms with Crippen molar-refractivity contribution >= 4 is 17.8 Å². The third kappa shape index (κ3) is 2.66. The molecule has 1 aliphatic rings. The van der Waals surface area contributed by atoms with Crippen LogP contribution in [-0.4, -0.2) is 35.1 Å². The molecule has 0 saturated carbocycles. The average molecular weight is 274 g/mol. The standard InChI is InChI=1S/C13H18N6O/c1-18(9-10-5-4-8-20-10)12-15-11(14)16-13(17-12)19-6-2-3-7-19/h4-5,8H,2-3,6-7,9H2,1H3,(H2,14,15,16,17). The molecule has 0 amide bonds. The van der Waals surface area contributed by atoms with E-state index in [-0.39, 0.29) is 5.95 Å². The van der Waals surface area contributed by atoms with Gasteiger partial charge >= 0.3 is 0 Å². The molecule has 0 spiro atoms. The van der Waals surface area contributed by atoms with E-state index in [4.69, 9.17) is 10.2 Å². The second kappa shape index (κ2) is 5.36. The summed E-state index contributed by atoms with van der Waals surface area (Å²) >= 11 is 0. The SMILES string of the molecule is CN(Cc1ccco1)c1nc(N)nc(N2CCCC2)n1. The van der Waals surface area contributed by atoms with Gasteiger partial charge in [0.1, 0.15) is 5.76 Å². The summed E-state index contributed by atoms with van der Waals surface area (Å²) in [5, 5.41) is 0. The van der Waals surface area contributed by atoms with Crippen molar-refractivity contribution in [3.8, 4) is 0 Å². The van der Waals surface area contributed by atoms with Crippen molar-refractivity contribution in [2.75, 3.05) is 35.7 Å². The number of aromatic nitrogens is 3. The molecule has 2 aromatic heterocycles. The summed E-state index contributed by atoms with van der Waals surface area (Å²) in [4.78, 5) is 17.0. The van der Waals surface area contributed by atoms with Gasteiger partial charge in [-0.05, 0) is 25.0 Å². The van der Waals surface area contributed by atoms with Gasteiger partial charge < -0.3 is 20.0 Å². The molecule has 0 aromatic carbocycles. The highest BCUT2D eigenvalue weighted by Crippen LogP contribution is 2.19. The molecule has 7 nitrogen and oxygen atoms in total. The van der Waals surface area contributed by atoms with Crippen LogP contribution in [0.3, 0.4) is 0 Å². The highest BCUT2D eigenvalue weighted by molar-refractivity contribution is 5.43. The number of anilines is 3. The molecule has 3 heterocycles. The average Bonchev–Trinajstić information content (AvgIpc) is 3.11. The monoisotopic (exact) mass is 274 g/mol. The molecular formula is C13H18N6O. The van der Waals surface area contributed by atoms with E-state index >= 15 is 0 Å². The summed E-state index contributed by atoms with van der Waals surface area (Å²) in [7, 11) is 1.91. The number of hydrogen-bond donors (Lipinski definition) is 1. The normalized spacial score (nSPS) is 14.8. The summed E-state index contributed by atoms with van der Waals surface area (Å²) in [5.41, 5.74) is 5.80. The summed E-state index contributed by atoms with van der Waals surface area (Å²) in [6.45, 7) is 2.55. The lowest BCUT2D eigenvalue weighted by atomic mass is 10.4. The Balaban J connectivity index is 1.81. The minimum Gasteiger partial charge on any atom is -0.467 e. The third-order valence-corrected chi connectivity index (χ3v) is 3.33. The Kier molecular flexibility index (Phi) is 3.41. The Morgan fingerprint density at radius 3 is 2.80 bits per heavy atom. The first-order valence-corrected chi connectivity index (χ1v) is 6.72. The first-order chi connectivity index (χ1) is 9.72. The van der Waals surface area contributed by atoms with Crippen LogP contribution in [0.1, 0.15) is 18.6 Å². The molecule has 1 fully saturated rings. The minimum absolute atomic E-state index is 0.253. The number of rotatable bonds is 4. The van der Waals surface area contributed by atoms with Crippen molar-refractivity contribution in [2.45, 2.75) is 19.4 Å². The Labute approximate surface area is 117 Å². The fourth-order valence-electron chi connectivity index (χ4n) is 2.31. The maximum atomic E-state index is 5.80. The zero-order valence-corrected chi connectivity index (χ0v) is 11.5. The Hall–Kier alpha value is -2.31. The van der Waals surface area contributed by atoms with Crippen molar-refractivity contribution < 1.29 is 4.42 Å². The molecule has 20 heavy (non-hydrogen) atoms. The van der Waals surface area contributed by atoms with Crippen molar-refractivity contribution in [3.05, 3.63) is 24.2 Å². The molecule has 2 aromatic rings. The Bertz CT molecular complexity index is 564. The van der Waals surface area contributed by atoms with Gasteiger partial charge in [-0.3, -0.25) is 0 Å². The van der Waals surface area contributed by atoms with Crippen molar-refractivity contribution in [3.63, 3.8) is 0 Å². The summed E-state index contributed by atoms with van der Waals surface area (Å²) in [5.74, 6) is 2.34. The fraction of sp³-hybridized carbons (Fsp3) is 0.462. The number of nitrogens with zero attached hydrogens (tertiary/aromatic N) is 5. The first-order valence-electron chi connectivity index (χ1n) is 6.72. The molecule has 0 unspecified atom stereocenters. The van der Waals surface area contributed by atoms with Gasteiger partial charge in [-0.1, -0.05) is 0 Å². The van der Waals surface area contributed by atoms with E-state index in [2.05, 4.69) is 19.9 Å². The molecule has 3 rings (SSSR count). The number of furan rings is 1. The molecule has 106 valence electrons. The second-order valence-electron chi connectivity index (χ2n) is 4.92. The zero-order chi connectivity index (χ0) is 13.9. The van der Waals surface area contributed by atoms with Gasteiger partial charge in [-0.15, -0.1) is 0 Å². The van der Waals surface area contributed by atoms with Gasteiger partial charge in [0, 0.05) is 20.1 Å². The molecule has 0 radical (unpaired) electrons. The van der Waals surface area contributed by atoms with Gasteiger partial charge in [-0.25, -0.2) is 0 Å². The Morgan fingerprint density at radius 2 is 2.10 bits per heavy atom. The summed E-state index contributed by atoms with van der Waals surface area (Å²) in [6, 6.07) is 3.78. The highest BCUT2D eigenvalue weighted by atomic mass is 16.3.